The standard InChI is InChI=1S/C16H29N3O/c1-17-9-13-5-4-8-19(11-13)15(20)16-7-3-2-6-14(16)10-18-12-16/h13-14,17-18H,2-12H2,1H3/t13?,14-,16+/m0/s1. The molecule has 3 fully saturated rings. The number of hydrogen-bond acceptors (Lipinski definition) is 3. The fraction of sp³-hybridized carbons (Fsp3) is 0.938. The molecule has 0 aromatic heterocycles. The molecule has 2 saturated heterocycles. The Bertz CT molecular complexity index is 358. The number of carbonyl (C=O) groups excluding carboxylic acids is 1. The molecule has 4 nitrogen and oxygen atoms in total. The average Bonchev–Trinajstić information content (AvgIpc) is 2.92. The first-order valence-corrected chi connectivity index (χ1v) is 8.41. The Labute approximate surface area is 122 Å². The third-order valence-corrected chi connectivity index (χ3v) is 5.76. The van der Waals surface area contributed by atoms with Gasteiger partial charge in [-0.1, -0.05) is 12.8 Å². The monoisotopic (exact) mass is 279 g/mol. The first-order valence-electron chi connectivity index (χ1n) is 8.41. The third kappa shape index (κ3) is 2.48. The molecule has 114 valence electrons. The Morgan fingerprint density at radius 1 is 1.35 bits per heavy atom. The van der Waals surface area contributed by atoms with Crippen molar-refractivity contribution >= 4 is 5.91 Å². The molecule has 1 aliphatic carbocycles. The summed E-state index contributed by atoms with van der Waals surface area (Å²) in [5, 5.41) is 6.77. The molecule has 2 aliphatic heterocycles. The molecule has 4 heteroatoms. The van der Waals surface area contributed by atoms with Crippen molar-refractivity contribution < 1.29 is 4.79 Å². The van der Waals surface area contributed by atoms with E-state index in [-0.39, 0.29) is 5.41 Å². The lowest BCUT2D eigenvalue weighted by atomic mass is 9.67. The maximum absolute atomic E-state index is 13.2. The van der Waals surface area contributed by atoms with E-state index in [4.69, 9.17) is 0 Å². The van der Waals surface area contributed by atoms with Crippen LogP contribution in [0.15, 0.2) is 0 Å². The molecule has 0 bridgehead atoms. The van der Waals surface area contributed by atoms with Gasteiger partial charge in [-0.2, -0.15) is 0 Å². The van der Waals surface area contributed by atoms with Crippen LogP contribution in [0.25, 0.3) is 0 Å². The van der Waals surface area contributed by atoms with Crippen molar-refractivity contribution in [2.45, 2.75) is 38.5 Å². The number of piperidine rings is 1. The summed E-state index contributed by atoms with van der Waals surface area (Å²) in [6.45, 7) is 4.96. The number of likely N-dealkylation sites (tertiary alicyclic amines) is 1. The van der Waals surface area contributed by atoms with E-state index in [2.05, 4.69) is 15.5 Å². The summed E-state index contributed by atoms with van der Waals surface area (Å²) in [7, 11) is 2.01. The van der Waals surface area contributed by atoms with Crippen LogP contribution in [0.5, 0.6) is 0 Å². The van der Waals surface area contributed by atoms with Gasteiger partial charge in [0, 0.05) is 19.6 Å². The second-order valence-corrected chi connectivity index (χ2v) is 7.05. The summed E-state index contributed by atoms with van der Waals surface area (Å²) in [6, 6.07) is 0. The van der Waals surface area contributed by atoms with Gasteiger partial charge >= 0.3 is 0 Å². The molecule has 3 aliphatic rings. The van der Waals surface area contributed by atoms with Gasteiger partial charge in [0.15, 0.2) is 0 Å². The summed E-state index contributed by atoms with van der Waals surface area (Å²) >= 11 is 0. The van der Waals surface area contributed by atoms with Crippen molar-refractivity contribution in [3.05, 3.63) is 0 Å². The van der Waals surface area contributed by atoms with E-state index in [1.54, 1.807) is 0 Å². The van der Waals surface area contributed by atoms with Crippen LogP contribution in [0.3, 0.4) is 0 Å². The zero-order chi connectivity index (χ0) is 14.0. The molecular formula is C16H29N3O. The lowest BCUT2D eigenvalue weighted by Crippen LogP contribution is -2.53. The molecule has 3 rings (SSSR count). The van der Waals surface area contributed by atoms with Crippen molar-refractivity contribution in [3.8, 4) is 0 Å². The minimum absolute atomic E-state index is 0.0558. The Morgan fingerprint density at radius 3 is 3.10 bits per heavy atom. The van der Waals surface area contributed by atoms with Crippen molar-refractivity contribution in [2.75, 3.05) is 39.8 Å². The summed E-state index contributed by atoms with van der Waals surface area (Å²) in [5.74, 6) is 1.70. The first kappa shape index (κ1) is 14.3. The van der Waals surface area contributed by atoms with E-state index < -0.39 is 0 Å². The van der Waals surface area contributed by atoms with Gasteiger partial charge in [-0.15, -0.1) is 0 Å². The SMILES string of the molecule is CNCC1CCCN(C(=O)[C@@]23CCCC[C@H]2CNC3)C1. The molecule has 2 N–H and O–H groups in total. The van der Waals surface area contributed by atoms with E-state index in [0.29, 0.717) is 17.7 Å². The maximum Gasteiger partial charge on any atom is 0.230 e. The van der Waals surface area contributed by atoms with Crippen LogP contribution >= 0.6 is 0 Å². The molecular weight excluding hydrogens is 250 g/mol. The number of hydrogen-bond donors (Lipinski definition) is 2. The fourth-order valence-corrected chi connectivity index (χ4v) is 4.69. The molecule has 0 spiro atoms. The highest BCUT2D eigenvalue weighted by atomic mass is 16.2. The van der Waals surface area contributed by atoms with Crippen molar-refractivity contribution in [3.63, 3.8) is 0 Å². The van der Waals surface area contributed by atoms with E-state index in [0.717, 1.165) is 39.1 Å². The molecule has 0 aromatic carbocycles. The highest BCUT2D eigenvalue weighted by molar-refractivity contribution is 5.84. The lowest BCUT2D eigenvalue weighted by Gasteiger charge is -2.43. The predicted molar refractivity (Wildman–Crippen MR) is 80.5 cm³/mol. The smallest absolute Gasteiger partial charge is 0.230 e. The number of rotatable bonds is 3. The first-order chi connectivity index (χ1) is 9.76. The fourth-order valence-electron chi connectivity index (χ4n) is 4.69. The molecule has 0 aromatic rings. The number of fused-ring (bicyclic) bond motifs is 1. The zero-order valence-electron chi connectivity index (χ0n) is 12.8. The highest BCUT2D eigenvalue weighted by Gasteiger charge is 2.51. The maximum atomic E-state index is 13.2. The largest absolute Gasteiger partial charge is 0.342 e. The summed E-state index contributed by atoms with van der Waals surface area (Å²) < 4.78 is 0. The van der Waals surface area contributed by atoms with Crippen LogP contribution in [0, 0.1) is 17.3 Å². The molecule has 20 heavy (non-hydrogen) atoms. The quantitative estimate of drug-likeness (QED) is 0.816. The number of nitrogens with zero attached hydrogens (tertiary/aromatic N) is 1. The predicted octanol–water partition coefficient (Wildman–Crippen LogP) is 1.22. The van der Waals surface area contributed by atoms with E-state index in [9.17, 15) is 4.79 Å². The van der Waals surface area contributed by atoms with Crippen molar-refractivity contribution in [2.24, 2.45) is 17.3 Å². The number of nitrogens with one attached hydrogen (secondary N) is 2. The summed E-state index contributed by atoms with van der Waals surface area (Å²) in [6.07, 6.45) is 7.33. The van der Waals surface area contributed by atoms with E-state index in [1.807, 2.05) is 7.05 Å². The Hall–Kier alpha value is -0.610. The normalized spacial score (nSPS) is 37.8. The van der Waals surface area contributed by atoms with Gasteiger partial charge < -0.3 is 15.5 Å². The Balaban J connectivity index is 1.70. The second-order valence-electron chi connectivity index (χ2n) is 7.05. The van der Waals surface area contributed by atoms with Crippen molar-refractivity contribution in [1.82, 2.24) is 15.5 Å². The van der Waals surface area contributed by atoms with Gasteiger partial charge in [-0.3, -0.25) is 4.79 Å². The molecule has 0 radical (unpaired) electrons. The van der Waals surface area contributed by atoms with Crippen LogP contribution in [0.2, 0.25) is 0 Å². The lowest BCUT2D eigenvalue weighted by molar-refractivity contribution is -0.147. The molecule has 3 atom stereocenters. The molecule has 1 unspecified atom stereocenters. The van der Waals surface area contributed by atoms with Gasteiger partial charge in [0.25, 0.3) is 0 Å². The minimum Gasteiger partial charge on any atom is -0.342 e. The van der Waals surface area contributed by atoms with Gasteiger partial charge in [0.2, 0.25) is 5.91 Å². The Morgan fingerprint density at radius 2 is 2.25 bits per heavy atom. The summed E-state index contributed by atoms with van der Waals surface area (Å²) in [4.78, 5) is 15.4. The van der Waals surface area contributed by atoms with E-state index >= 15 is 0 Å². The number of carbonyl (C=O) groups is 1. The molecule has 2 heterocycles. The second kappa shape index (κ2) is 6.02. The molecule has 1 amide bonds. The molecule has 1 saturated carbocycles. The third-order valence-electron chi connectivity index (χ3n) is 5.76. The van der Waals surface area contributed by atoms with Crippen LogP contribution in [-0.4, -0.2) is 50.6 Å². The topological polar surface area (TPSA) is 44.4 Å². The van der Waals surface area contributed by atoms with Crippen LogP contribution < -0.4 is 10.6 Å². The van der Waals surface area contributed by atoms with Gasteiger partial charge in [0.1, 0.15) is 0 Å². The van der Waals surface area contributed by atoms with Crippen LogP contribution in [-0.2, 0) is 4.79 Å². The minimum atomic E-state index is -0.0558. The van der Waals surface area contributed by atoms with Gasteiger partial charge in [0.05, 0.1) is 5.41 Å². The van der Waals surface area contributed by atoms with Crippen LogP contribution in [0.4, 0.5) is 0 Å². The van der Waals surface area contributed by atoms with Gasteiger partial charge in [-0.05, 0) is 57.7 Å². The van der Waals surface area contributed by atoms with Crippen molar-refractivity contribution in [1.29, 1.82) is 0 Å². The summed E-state index contributed by atoms with van der Waals surface area (Å²) in [5.41, 5.74) is -0.0558. The van der Waals surface area contributed by atoms with Gasteiger partial charge in [-0.25, -0.2) is 0 Å². The zero-order valence-corrected chi connectivity index (χ0v) is 12.8. The van der Waals surface area contributed by atoms with E-state index in [1.165, 1.54) is 32.1 Å². The average molecular weight is 279 g/mol. The Kier molecular flexibility index (Phi) is 4.32. The highest BCUT2D eigenvalue weighted by Crippen LogP contribution is 2.45. The van der Waals surface area contributed by atoms with Crippen LogP contribution in [0.1, 0.15) is 38.5 Å². The number of amides is 1.